The average molecular weight is 292 g/mol. The third-order valence-corrected chi connectivity index (χ3v) is 3.19. The predicted octanol–water partition coefficient (Wildman–Crippen LogP) is 0.659. The second-order valence-corrected chi connectivity index (χ2v) is 4.65. The summed E-state index contributed by atoms with van der Waals surface area (Å²) in [6, 6.07) is 1.59. The van der Waals surface area contributed by atoms with Gasteiger partial charge in [-0.15, -0.1) is 0 Å². The number of hydrogen-bond acceptors (Lipinski definition) is 7. The fourth-order valence-corrected chi connectivity index (χ4v) is 2.27. The molecule has 0 saturated carbocycles. The van der Waals surface area contributed by atoms with Crippen molar-refractivity contribution in [3.63, 3.8) is 0 Å². The number of furan rings is 1. The van der Waals surface area contributed by atoms with Gasteiger partial charge in [0.1, 0.15) is 11.3 Å². The number of fused-ring (bicyclic) bond motifs is 1. The van der Waals surface area contributed by atoms with Crippen molar-refractivity contribution in [1.82, 2.24) is 15.4 Å². The van der Waals surface area contributed by atoms with Crippen molar-refractivity contribution in [2.24, 2.45) is 0 Å². The monoisotopic (exact) mass is 292 g/mol. The fourth-order valence-electron chi connectivity index (χ4n) is 2.27. The molecule has 0 radical (unpaired) electrons. The normalized spacial score (nSPS) is 15.4. The topological polar surface area (TPSA) is 89.7 Å². The molecule has 3 heterocycles. The van der Waals surface area contributed by atoms with Gasteiger partial charge < -0.3 is 14.1 Å². The maximum absolute atomic E-state index is 11.8. The summed E-state index contributed by atoms with van der Waals surface area (Å²) in [7, 11) is 1.36. The van der Waals surface area contributed by atoms with E-state index < -0.39 is 5.91 Å². The highest BCUT2D eigenvalue weighted by Crippen LogP contribution is 2.27. The van der Waals surface area contributed by atoms with Crippen LogP contribution in [0.3, 0.4) is 0 Å². The van der Waals surface area contributed by atoms with Crippen LogP contribution in [0.4, 0.5) is 5.82 Å². The highest BCUT2D eigenvalue weighted by molar-refractivity contribution is 5.96. The Bertz CT molecular complexity index is 663. The number of aryl methyl sites for hydroxylation is 1. The summed E-state index contributed by atoms with van der Waals surface area (Å²) < 4.78 is 11.0. The molecular formula is C13H16N4O4. The first-order valence-electron chi connectivity index (χ1n) is 6.63. The molecular weight excluding hydrogens is 276 g/mol. The van der Waals surface area contributed by atoms with Gasteiger partial charge in [-0.2, -0.15) is 0 Å². The van der Waals surface area contributed by atoms with Crippen molar-refractivity contribution in [2.45, 2.75) is 6.92 Å². The van der Waals surface area contributed by atoms with Crippen molar-refractivity contribution in [3.8, 4) is 0 Å². The molecule has 1 fully saturated rings. The van der Waals surface area contributed by atoms with Crippen molar-refractivity contribution in [2.75, 3.05) is 38.3 Å². The van der Waals surface area contributed by atoms with Crippen LogP contribution in [-0.4, -0.2) is 49.3 Å². The van der Waals surface area contributed by atoms with E-state index in [0.717, 1.165) is 13.1 Å². The number of hydroxylamine groups is 1. The molecule has 0 unspecified atom stereocenters. The smallest absolute Gasteiger partial charge is 0.310 e. The molecule has 112 valence electrons. The molecule has 1 aliphatic rings. The first-order valence-corrected chi connectivity index (χ1v) is 6.63. The Kier molecular flexibility index (Phi) is 3.72. The Morgan fingerprint density at radius 1 is 1.38 bits per heavy atom. The highest BCUT2D eigenvalue weighted by Gasteiger charge is 2.21. The van der Waals surface area contributed by atoms with Crippen LogP contribution < -0.4 is 10.4 Å². The number of carbonyl (C=O) groups is 1. The van der Waals surface area contributed by atoms with Gasteiger partial charge in [-0.25, -0.2) is 15.4 Å². The highest BCUT2D eigenvalue weighted by atomic mass is 16.6. The second kappa shape index (κ2) is 5.66. The molecule has 1 aliphatic heterocycles. The molecule has 1 saturated heterocycles. The Balaban J connectivity index is 2.04. The third-order valence-electron chi connectivity index (χ3n) is 3.19. The van der Waals surface area contributed by atoms with Crippen molar-refractivity contribution in [3.05, 3.63) is 17.7 Å². The Hall–Kier alpha value is -2.19. The standard InChI is InChI=1S/C13H16N4O4/c1-8-14-9-7-10(13(18)16-19-2)21-11(9)12(15-8)17-3-5-20-6-4-17/h7H,3-6H2,1-2H3,(H,16,18). The molecule has 0 spiro atoms. The van der Waals surface area contributed by atoms with Crippen LogP contribution in [0.1, 0.15) is 16.4 Å². The summed E-state index contributed by atoms with van der Waals surface area (Å²) in [4.78, 5) is 27.2. The quantitative estimate of drug-likeness (QED) is 0.831. The maximum atomic E-state index is 11.8. The molecule has 1 N–H and O–H groups in total. The summed E-state index contributed by atoms with van der Waals surface area (Å²) >= 11 is 0. The Morgan fingerprint density at radius 3 is 2.86 bits per heavy atom. The average Bonchev–Trinajstić information content (AvgIpc) is 2.91. The van der Waals surface area contributed by atoms with Crippen LogP contribution in [0.25, 0.3) is 11.1 Å². The van der Waals surface area contributed by atoms with E-state index in [9.17, 15) is 4.79 Å². The predicted molar refractivity (Wildman–Crippen MR) is 74.0 cm³/mol. The van der Waals surface area contributed by atoms with Gasteiger partial charge in [0.15, 0.2) is 17.2 Å². The van der Waals surface area contributed by atoms with E-state index in [-0.39, 0.29) is 5.76 Å². The van der Waals surface area contributed by atoms with E-state index in [0.29, 0.717) is 36.0 Å². The van der Waals surface area contributed by atoms with Crippen LogP contribution in [0.15, 0.2) is 10.5 Å². The molecule has 1 amide bonds. The van der Waals surface area contributed by atoms with Crippen molar-refractivity contribution >= 4 is 22.8 Å². The molecule has 2 aromatic rings. The number of hydrogen-bond donors (Lipinski definition) is 1. The molecule has 2 aromatic heterocycles. The van der Waals surface area contributed by atoms with Crippen LogP contribution in [-0.2, 0) is 9.57 Å². The molecule has 0 bridgehead atoms. The first-order chi connectivity index (χ1) is 10.2. The number of anilines is 1. The Morgan fingerprint density at radius 2 is 2.14 bits per heavy atom. The lowest BCUT2D eigenvalue weighted by atomic mass is 10.3. The minimum Gasteiger partial charge on any atom is -0.445 e. The third kappa shape index (κ3) is 2.67. The number of amides is 1. The van der Waals surface area contributed by atoms with E-state index in [1.54, 1.807) is 6.07 Å². The summed E-state index contributed by atoms with van der Waals surface area (Å²) in [5, 5.41) is 0. The van der Waals surface area contributed by atoms with Gasteiger partial charge in [-0.1, -0.05) is 0 Å². The fraction of sp³-hybridized carbons (Fsp3) is 0.462. The zero-order valence-electron chi connectivity index (χ0n) is 11.9. The van der Waals surface area contributed by atoms with Crippen molar-refractivity contribution < 1.29 is 18.8 Å². The van der Waals surface area contributed by atoms with Crippen LogP contribution in [0.5, 0.6) is 0 Å². The minimum atomic E-state index is -0.457. The summed E-state index contributed by atoms with van der Waals surface area (Å²) in [6.07, 6.45) is 0. The number of nitrogens with one attached hydrogen (secondary N) is 1. The number of morpholine rings is 1. The SMILES string of the molecule is CONC(=O)c1cc2nc(C)nc(N3CCOCC3)c2o1. The van der Waals surface area contributed by atoms with E-state index in [2.05, 4.69) is 25.2 Å². The van der Waals surface area contributed by atoms with Gasteiger partial charge in [-0.05, 0) is 6.92 Å². The zero-order valence-corrected chi connectivity index (χ0v) is 11.9. The first kappa shape index (κ1) is 13.8. The van der Waals surface area contributed by atoms with Crippen molar-refractivity contribution in [1.29, 1.82) is 0 Å². The molecule has 8 heteroatoms. The zero-order chi connectivity index (χ0) is 14.8. The molecule has 3 rings (SSSR count). The van der Waals surface area contributed by atoms with Gasteiger partial charge in [0.25, 0.3) is 0 Å². The summed E-state index contributed by atoms with van der Waals surface area (Å²) in [5.74, 6) is 1.00. The molecule has 0 atom stereocenters. The summed E-state index contributed by atoms with van der Waals surface area (Å²) in [6.45, 7) is 4.55. The molecule has 0 aromatic carbocycles. The van der Waals surface area contributed by atoms with E-state index in [1.807, 2.05) is 6.92 Å². The molecule has 0 aliphatic carbocycles. The largest absolute Gasteiger partial charge is 0.445 e. The van der Waals surface area contributed by atoms with E-state index >= 15 is 0 Å². The number of aromatic nitrogens is 2. The van der Waals surface area contributed by atoms with Gasteiger partial charge >= 0.3 is 5.91 Å². The second-order valence-electron chi connectivity index (χ2n) is 4.65. The van der Waals surface area contributed by atoms with Crippen LogP contribution in [0.2, 0.25) is 0 Å². The van der Waals surface area contributed by atoms with Gasteiger partial charge in [0.2, 0.25) is 0 Å². The Labute approximate surface area is 121 Å². The number of carbonyl (C=O) groups excluding carboxylic acids is 1. The minimum absolute atomic E-state index is 0.140. The van der Waals surface area contributed by atoms with Crippen LogP contribution >= 0.6 is 0 Å². The molecule has 21 heavy (non-hydrogen) atoms. The number of rotatable bonds is 3. The molecule has 8 nitrogen and oxygen atoms in total. The lowest BCUT2D eigenvalue weighted by molar-refractivity contribution is 0.0512. The lowest BCUT2D eigenvalue weighted by Crippen LogP contribution is -2.37. The van der Waals surface area contributed by atoms with E-state index in [1.165, 1.54) is 7.11 Å². The summed E-state index contributed by atoms with van der Waals surface area (Å²) in [5.41, 5.74) is 3.33. The lowest BCUT2D eigenvalue weighted by Gasteiger charge is -2.27. The maximum Gasteiger partial charge on any atom is 0.310 e. The van der Waals surface area contributed by atoms with Gasteiger partial charge in [0, 0.05) is 19.2 Å². The number of ether oxygens (including phenoxy) is 1. The number of nitrogens with zero attached hydrogens (tertiary/aromatic N) is 3. The van der Waals surface area contributed by atoms with E-state index in [4.69, 9.17) is 9.15 Å². The van der Waals surface area contributed by atoms with Crippen LogP contribution in [0, 0.1) is 6.92 Å². The van der Waals surface area contributed by atoms with Gasteiger partial charge in [0.05, 0.1) is 20.3 Å². The van der Waals surface area contributed by atoms with Gasteiger partial charge in [-0.3, -0.25) is 9.63 Å².